The number of ether oxygens (including phenoxy) is 1. The van der Waals surface area contributed by atoms with Crippen molar-refractivity contribution in [3.05, 3.63) is 77.6 Å². The van der Waals surface area contributed by atoms with Gasteiger partial charge in [-0.2, -0.15) is 18.3 Å². The van der Waals surface area contributed by atoms with E-state index in [2.05, 4.69) is 22.3 Å². The van der Waals surface area contributed by atoms with Crippen molar-refractivity contribution in [3.8, 4) is 23.3 Å². The minimum Gasteiger partial charge on any atom is -0.493 e. The van der Waals surface area contributed by atoms with Crippen LogP contribution in [-0.2, 0) is 6.18 Å². The zero-order chi connectivity index (χ0) is 20.9. The zero-order valence-corrected chi connectivity index (χ0v) is 15.3. The smallest absolute Gasteiger partial charge is 0.416 e. The Balaban J connectivity index is 1.76. The first-order valence-electron chi connectivity index (χ1n) is 8.52. The summed E-state index contributed by atoms with van der Waals surface area (Å²) in [6.45, 7) is 0.0767. The van der Waals surface area contributed by atoms with Gasteiger partial charge in [0, 0.05) is 5.56 Å². The van der Waals surface area contributed by atoms with E-state index in [1.807, 2.05) is 30.3 Å². The van der Waals surface area contributed by atoms with Gasteiger partial charge in [-0.05, 0) is 30.3 Å². The molecule has 0 aliphatic carbocycles. The number of nitrogens with zero attached hydrogens (tertiary/aromatic N) is 2. The molecule has 0 spiro atoms. The third-order valence-corrected chi connectivity index (χ3v) is 3.90. The fourth-order valence-electron chi connectivity index (χ4n) is 2.50. The molecular weight excluding hydrogens is 383 g/mol. The van der Waals surface area contributed by atoms with Crippen LogP contribution in [-0.4, -0.2) is 29.3 Å². The van der Waals surface area contributed by atoms with E-state index in [1.54, 1.807) is 0 Å². The predicted octanol–water partition coefficient (Wildman–Crippen LogP) is 3.68. The lowest BCUT2D eigenvalue weighted by Crippen LogP contribution is -2.24. The van der Waals surface area contributed by atoms with Crippen LogP contribution in [0.4, 0.5) is 13.2 Å². The molecule has 1 amide bonds. The number of benzene rings is 2. The number of carbonyl (C=O) groups excluding carboxylic acids is 1. The molecule has 0 unspecified atom stereocenters. The Morgan fingerprint density at radius 1 is 1.17 bits per heavy atom. The maximum absolute atomic E-state index is 12.9. The van der Waals surface area contributed by atoms with E-state index < -0.39 is 17.6 Å². The lowest BCUT2D eigenvalue weighted by molar-refractivity contribution is -0.137. The molecule has 0 radical (unpaired) electrons. The first-order chi connectivity index (χ1) is 13.9. The Morgan fingerprint density at radius 3 is 2.62 bits per heavy atom. The molecule has 1 aromatic heterocycles. The van der Waals surface area contributed by atoms with Crippen LogP contribution in [0.5, 0.6) is 5.75 Å². The highest BCUT2D eigenvalue weighted by Gasteiger charge is 2.30. The second-order valence-corrected chi connectivity index (χ2v) is 5.89. The van der Waals surface area contributed by atoms with E-state index >= 15 is 0 Å². The Labute approximate surface area is 165 Å². The summed E-state index contributed by atoms with van der Waals surface area (Å²) in [6.07, 6.45) is -3.13. The van der Waals surface area contributed by atoms with Crippen LogP contribution in [0.3, 0.4) is 0 Å². The SMILES string of the molecule is COc1cn(-c2cccc(C(F)(F)F)c2)nc1C(=O)NCC#Cc1ccccc1. The fraction of sp³-hybridized carbons (Fsp3) is 0.143. The van der Waals surface area contributed by atoms with Crippen LogP contribution in [0.2, 0.25) is 0 Å². The summed E-state index contributed by atoms with van der Waals surface area (Å²) in [7, 11) is 1.35. The number of amides is 1. The Morgan fingerprint density at radius 2 is 1.93 bits per heavy atom. The summed E-state index contributed by atoms with van der Waals surface area (Å²) in [4.78, 5) is 12.4. The van der Waals surface area contributed by atoms with E-state index in [4.69, 9.17) is 4.74 Å². The van der Waals surface area contributed by atoms with Crippen LogP contribution in [0.25, 0.3) is 5.69 Å². The maximum Gasteiger partial charge on any atom is 0.416 e. The standard InChI is InChI=1S/C21H16F3N3O2/c1-29-18-14-27(17-11-5-10-16(13-17)21(22,23)24)26-19(18)20(28)25-12-6-9-15-7-3-2-4-8-15/h2-5,7-8,10-11,13-14H,12H2,1H3,(H,25,28). The van der Waals surface area contributed by atoms with Gasteiger partial charge in [0.15, 0.2) is 11.4 Å². The van der Waals surface area contributed by atoms with Crippen molar-refractivity contribution in [2.45, 2.75) is 6.18 Å². The molecule has 148 valence electrons. The Kier molecular flexibility index (Phi) is 5.88. The number of halogens is 3. The van der Waals surface area contributed by atoms with Gasteiger partial charge < -0.3 is 10.1 Å². The zero-order valence-electron chi connectivity index (χ0n) is 15.3. The van der Waals surface area contributed by atoms with Gasteiger partial charge in [0.25, 0.3) is 5.91 Å². The number of hydrogen-bond acceptors (Lipinski definition) is 3. The topological polar surface area (TPSA) is 56.2 Å². The van der Waals surface area contributed by atoms with E-state index in [9.17, 15) is 18.0 Å². The van der Waals surface area contributed by atoms with E-state index in [-0.39, 0.29) is 23.7 Å². The molecule has 0 saturated heterocycles. The molecule has 0 aliphatic heterocycles. The molecule has 29 heavy (non-hydrogen) atoms. The van der Waals surface area contributed by atoms with E-state index in [1.165, 1.54) is 30.1 Å². The summed E-state index contributed by atoms with van der Waals surface area (Å²) < 4.78 is 45.1. The Bertz CT molecular complexity index is 1060. The number of nitrogens with one attached hydrogen (secondary N) is 1. The highest BCUT2D eigenvalue weighted by Crippen LogP contribution is 2.30. The first-order valence-corrected chi connectivity index (χ1v) is 8.52. The van der Waals surface area contributed by atoms with Crippen molar-refractivity contribution in [2.75, 3.05) is 13.7 Å². The summed E-state index contributed by atoms with van der Waals surface area (Å²) in [5.41, 5.74) is 0.104. The van der Waals surface area contributed by atoms with Crippen molar-refractivity contribution in [1.29, 1.82) is 0 Å². The molecule has 3 rings (SSSR count). The van der Waals surface area contributed by atoms with Crippen molar-refractivity contribution < 1.29 is 22.7 Å². The van der Waals surface area contributed by atoms with Crippen LogP contribution >= 0.6 is 0 Å². The normalized spacial score (nSPS) is 10.8. The number of methoxy groups -OCH3 is 1. The highest BCUT2D eigenvalue weighted by atomic mass is 19.4. The van der Waals surface area contributed by atoms with Crippen LogP contribution < -0.4 is 10.1 Å². The van der Waals surface area contributed by atoms with Gasteiger partial charge in [0.1, 0.15) is 0 Å². The average molecular weight is 399 g/mol. The van der Waals surface area contributed by atoms with Gasteiger partial charge >= 0.3 is 6.18 Å². The minimum absolute atomic E-state index is 0.0496. The second-order valence-electron chi connectivity index (χ2n) is 5.89. The van der Waals surface area contributed by atoms with Crippen LogP contribution in [0, 0.1) is 11.8 Å². The summed E-state index contributed by atoms with van der Waals surface area (Å²) in [5, 5.41) is 6.67. The highest BCUT2D eigenvalue weighted by molar-refractivity contribution is 5.95. The molecule has 1 N–H and O–H groups in total. The van der Waals surface area contributed by atoms with Crippen molar-refractivity contribution >= 4 is 5.91 Å². The third-order valence-electron chi connectivity index (χ3n) is 3.90. The molecule has 0 fully saturated rings. The number of carbonyl (C=O) groups is 1. The third kappa shape index (κ3) is 4.96. The number of rotatable bonds is 4. The number of alkyl halides is 3. The molecule has 3 aromatic rings. The molecule has 0 atom stereocenters. The monoisotopic (exact) mass is 399 g/mol. The predicted molar refractivity (Wildman–Crippen MR) is 101 cm³/mol. The van der Waals surface area contributed by atoms with E-state index in [0.29, 0.717) is 0 Å². The van der Waals surface area contributed by atoms with Crippen LogP contribution in [0.15, 0.2) is 60.8 Å². The van der Waals surface area contributed by atoms with Gasteiger partial charge in [0.05, 0.1) is 31.1 Å². The number of aromatic nitrogens is 2. The lowest BCUT2D eigenvalue weighted by atomic mass is 10.2. The molecule has 8 heteroatoms. The molecule has 0 bridgehead atoms. The Hall–Kier alpha value is -3.73. The molecule has 1 heterocycles. The lowest BCUT2D eigenvalue weighted by Gasteiger charge is -2.08. The van der Waals surface area contributed by atoms with E-state index in [0.717, 1.165) is 17.7 Å². The summed E-state index contributed by atoms with van der Waals surface area (Å²) >= 11 is 0. The van der Waals surface area contributed by atoms with Gasteiger partial charge in [-0.25, -0.2) is 4.68 Å². The first kappa shape index (κ1) is 20.0. The molecule has 5 nitrogen and oxygen atoms in total. The molecule has 0 aliphatic rings. The maximum atomic E-state index is 12.9. The average Bonchev–Trinajstić information content (AvgIpc) is 3.16. The molecular formula is C21H16F3N3O2. The summed E-state index contributed by atoms with van der Waals surface area (Å²) in [6, 6.07) is 13.9. The van der Waals surface area contributed by atoms with Gasteiger partial charge in [-0.3, -0.25) is 4.79 Å². The quantitative estimate of drug-likeness (QED) is 0.681. The summed E-state index contributed by atoms with van der Waals surface area (Å²) in [5.74, 6) is 5.31. The van der Waals surface area contributed by atoms with Crippen molar-refractivity contribution in [1.82, 2.24) is 15.1 Å². The molecule has 0 saturated carbocycles. The van der Waals surface area contributed by atoms with Crippen molar-refractivity contribution in [3.63, 3.8) is 0 Å². The van der Waals surface area contributed by atoms with Gasteiger partial charge in [0.2, 0.25) is 0 Å². The molecule has 2 aromatic carbocycles. The fourth-order valence-corrected chi connectivity index (χ4v) is 2.50. The largest absolute Gasteiger partial charge is 0.493 e. The number of hydrogen-bond donors (Lipinski definition) is 1. The second kappa shape index (κ2) is 8.52. The van der Waals surface area contributed by atoms with Gasteiger partial charge in [-0.15, -0.1) is 0 Å². The van der Waals surface area contributed by atoms with Crippen molar-refractivity contribution in [2.24, 2.45) is 0 Å². The minimum atomic E-state index is -4.48. The van der Waals surface area contributed by atoms with Gasteiger partial charge in [-0.1, -0.05) is 36.1 Å². The van der Waals surface area contributed by atoms with Crippen LogP contribution in [0.1, 0.15) is 21.6 Å².